The SMILES string of the molecule is C#CCN1CCC(N[C@@H](C)c2ccco2)CC1. The zero-order valence-corrected chi connectivity index (χ0v) is 10.4. The lowest BCUT2D eigenvalue weighted by Gasteiger charge is -2.32. The van der Waals surface area contributed by atoms with Gasteiger partial charge in [0.05, 0.1) is 18.8 Å². The molecule has 0 amide bonds. The maximum Gasteiger partial charge on any atom is 0.120 e. The van der Waals surface area contributed by atoms with E-state index in [-0.39, 0.29) is 6.04 Å². The van der Waals surface area contributed by atoms with Gasteiger partial charge in [0.1, 0.15) is 5.76 Å². The van der Waals surface area contributed by atoms with Crippen LogP contribution in [0.25, 0.3) is 0 Å². The molecule has 3 nitrogen and oxygen atoms in total. The largest absolute Gasteiger partial charge is 0.468 e. The molecule has 1 aliphatic heterocycles. The highest BCUT2D eigenvalue weighted by molar-refractivity contribution is 5.03. The molecule has 1 aliphatic rings. The van der Waals surface area contributed by atoms with Crippen molar-refractivity contribution in [2.45, 2.75) is 31.8 Å². The number of rotatable bonds is 4. The summed E-state index contributed by atoms with van der Waals surface area (Å²) in [4.78, 5) is 2.33. The van der Waals surface area contributed by atoms with Crippen LogP contribution < -0.4 is 5.32 Å². The molecule has 0 unspecified atom stereocenters. The third kappa shape index (κ3) is 3.36. The van der Waals surface area contributed by atoms with E-state index < -0.39 is 0 Å². The molecule has 1 aromatic heterocycles. The lowest BCUT2D eigenvalue weighted by atomic mass is 10.0. The summed E-state index contributed by atoms with van der Waals surface area (Å²) < 4.78 is 5.40. The van der Waals surface area contributed by atoms with E-state index in [1.807, 2.05) is 12.1 Å². The molecule has 3 heteroatoms. The van der Waals surface area contributed by atoms with E-state index in [1.54, 1.807) is 6.26 Å². The molecule has 17 heavy (non-hydrogen) atoms. The molecular formula is C14H20N2O. The lowest BCUT2D eigenvalue weighted by Crippen LogP contribution is -2.43. The van der Waals surface area contributed by atoms with E-state index in [4.69, 9.17) is 10.8 Å². The first-order chi connectivity index (χ1) is 8.29. The summed E-state index contributed by atoms with van der Waals surface area (Å²) in [5.41, 5.74) is 0. The van der Waals surface area contributed by atoms with Crippen molar-refractivity contribution in [1.29, 1.82) is 0 Å². The Kier molecular flexibility index (Phi) is 4.24. The Morgan fingerprint density at radius 1 is 1.59 bits per heavy atom. The number of piperidine rings is 1. The molecule has 0 bridgehead atoms. The normalized spacial score (nSPS) is 20.0. The molecule has 0 aliphatic carbocycles. The quantitative estimate of drug-likeness (QED) is 0.805. The molecule has 0 spiro atoms. The maximum absolute atomic E-state index is 5.40. The van der Waals surface area contributed by atoms with Gasteiger partial charge in [-0.3, -0.25) is 4.90 Å². The molecule has 2 heterocycles. The number of hydrogen-bond donors (Lipinski definition) is 1. The highest BCUT2D eigenvalue weighted by Crippen LogP contribution is 2.17. The number of nitrogens with zero attached hydrogens (tertiary/aromatic N) is 1. The minimum atomic E-state index is 0.286. The fourth-order valence-electron chi connectivity index (χ4n) is 2.36. The Hall–Kier alpha value is -1.24. The van der Waals surface area contributed by atoms with E-state index >= 15 is 0 Å². The number of likely N-dealkylation sites (tertiary alicyclic amines) is 1. The third-order valence-corrected chi connectivity index (χ3v) is 3.36. The van der Waals surface area contributed by atoms with E-state index in [1.165, 1.54) is 0 Å². The van der Waals surface area contributed by atoms with Crippen LogP contribution >= 0.6 is 0 Å². The average molecular weight is 232 g/mol. The summed E-state index contributed by atoms with van der Waals surface area (Å²) in [6.45, 7) is 5.10. The van der Waals surface area contributed by atoms with Gasteiger partial charge in [0.2, 0.25) is 0 Å². The maximum atomic E-state index is 5.40. The van der Waals surface area contributed by atoms with E-state index in [0.29, 0.717) is 6.04 Å². The third-order valence-electron chi connectivity index (χ3n) is 3.36. The number of terminal acetylenes is 1. The molecule has 1 atom stereocenters. The van der Waals surface area contributed by atoms with Crippen molar-refractivity contribution in [3.63, 3.8) is 0 Å². The first kappa shape index (κ1) is 12.2. The van der Waals surface area contributed by atoms with Crippen molar-refractivity contribution >= 4 is 0 Å². The number of furan rings is 1. The zero-order valence-electron chi connectivity index (χ0n) is 10.4. The van der Waals surface area contributed by atoms with Crippen molar-refractivity contribution in [1.82, 2.24) is 10.2 Å². The zero-order chi connectivity index (χ0) is 12.1. The van der Waals surface area contributed by atoms with Crippen LogP contribution in [-0.2, 0) is 0 Å². The van der Waals surface area contributed by atoms with Crippen LogP contribution in [0.1, 0.15) is 31.6 Å². The molecule has 0 saturated carbocycles. The smallest absolute Gasteiger partial charge is 0.120 e. The minimum Gasteiger partial charge on any atom is -0.468 e. The molecule has 92 valence electrons. The topological polar surface area (TPSA) is 28.4 Å². The van der Waals surface area contributed by atoms with Crippen LogP contribution in [0.15, 0.2) is 22.8 Å². The van der Waals surface area contributed by atoms with Gasteiger partial charge in [0.15, 0.2) is 0 Å². The van der Waals surface area contributed by atoms with Crippen LogP contribution in [0.3, 0.4) is 0 Å². The standard InChI is InChI=1S/C14H20N2O/c1-3-8-16-9-6-13(7-10-16)15-12(2)14-5-4-11-17-14/h1,4-5,11-13,15H,6-10H2,2H3/t12-/m0/s1. The molecule has 1 saturated heterocycles. The van der Waals surface area contributed by atoms with Gasteiger partial charge < -0.3 is 9.73 Å². The predicted octanol–water partition coefficient (Wildman–Crippen LogP) is 2.03. The van der Waals surface area contributed by atoms with Gasteiger partial charge in [0.25, 0.3) is 0 Å². The minimum absolute atomic E-state index is 0.286. The lowest BCUT2D eigenvalue weighted by molar-refractivity contribution is 0.207. The number of hydrogen-bond acceptors (Lipinski definition) is 3. The molecule has 2 rings (SSSR count). The highest BCUT2D eigenvalue weighted by atomic mass is 16.3. The Balaban J connectivity index is 1.77. The van der Waals surface area contributed by atoms with Gasteiger partial charge in [-0.2, -0.15) is 0 Å². The van der Waals surface area contributed by atoms with Crippen molar-refractivity contribution in [2.24, 2.45) is 0 Å². The van der Waals surface area contributed by atoms with E-state index in [9.17, 15) is 0 Å². The Morgan fingerprint density at radius 2 is 2.35 bits per heavy atom. The fraction of sp³-hybridized carbons (Fsp3) is 0.571. The Labute approximate surface area is 103 Å². The van der Waals surface area contributed by atoms with E-state index in [2.05, 4.69) is 23.1 Å². The van der Waals surface area contributed by atoms with Crippen LogP contribution in [0.5, 0.6) is 0 Å². The van der Waals surface area contributed by atoms with Crippen molar-refractivity contribution in [3.8, 4) is 12.3 Å². The molecule has 1 N–H and O–H groups in total. The van der Waals surface area contributed by atoms with Gasteiger partial charge in [0, 0.05) is 19.1 Å². The van der Waals surface area contributed by atoms with Crippen molar-refractivity contribution in [3.05, 3.63) is 24.2 Å². The first-order valence-corrected chi connectivity index (χ1v) is 6.25. The molecule has 0 aromatic carbocycles. The molecular weight excluding hydrogens is 212 g/mol. The van der Waals surface area contributed by atoms with Crippen LogP contribution in [0.4, 0.5) is 0 Å². The summed E-state index contributed by atoms with van der Waals surface area (Å²) in [6, 6.07) is 4.81. The second-order valence-corrected chi connectivity index (χ2v) is 4.66. The van der Waals surface area contributed by atoms with Crippen molar-refractivity contribution in [2.75, 3.05) is 19.6 Å². The van der Waals surface area contributed by atoms with Gasteiger partial charge in [-0.1, -0.05) is 5.92 Å². The highest BCUT2D eigenvalue weighted by Gasteiger charge is 2.20. The molecule has 1 aromatic rings. The van der Waals surface area contributed by atoms with Gasteiger partial charge in [-0.15, -0.1) is 6.42 Å². The Morgan fingerprint density at radius 3 is 2.94 bits per heavy atom. The first-order valence-electron chi connectivity index (χ1n) is 6.25. The van der Waals surface area contributed by atoms with Crippen molar-refractivity contribution < 1.29 is 4.42 Å². The predicted molar refractivity (Wildman–Crippen MR) is 68.6 cm³/mol. The van der Waals surface area contributed by atoms with Gasteiger partial charge >= 0.3 is 0 Å². The van der Waals surface area contributed by atoms with E-state index in [0.717, 1.165) is 38.2 Å². The second-order valence-electron chi connectivity index (χ2n) is 4.66. The second kappa shape index (κ2) is 5.90. The summed E-state index contributed by atoms with van der Waals surface area (Å²) in [5, 5.41) is 3.61. The average Bonchev–Trinajstić information content (AvgIpc) is 2.86. The fourth-order valence-corrected chi connectivity index (χ4v) is 2.36. The van der Waals surface area contributed by atoms with Gasteiger partial charge in [-0.25, -0.2) is 0 Å². The number of nitrogens with one attached hydrogen (secondary N) is 1. The monoisotopic (exact) mass is 232 g/mol. The summed E-state index contributed by atoms with van der Waals surface area (Å²) in [6.07, 6.45) is 9.36. The van der Waals surface area contributed by atoms with Gasteiger partial charge in [-0.05, 0) is 31.9 Å². The summed E-state index contributed by atoms with van der Waals surface area (Å²) >= 11 is 0. The Bertz CT molecular complexity index is 358. The summed E-state index contributed by atoms with van der Waals surface area (Å²) in [7, 11) is 0. The van der Waals surface area contributed by atoms with Crippen LogP contribution in [0.2, 0.25) is 0 Å². The van der Waals surface area contributed by atoms with Crippen LogP contribution in [0, 0.1) is 12.3 Å². The molecule has 0 radical (unpaired) electrons. The molecule has 1 fully saturated rings. The van der Waals surface area contributed by atoms with Crippen LogP contribution in [-0.4, -0.2) is 30.6 Å². The summed E-state index contributed by atoms with van der Waals surface area (Å²) in [5.74, 6) is 3.72.